The molecule has 0 heterocycles. The number of alkyl halides is 2. The van der Waals surface area contributed by atoms with Crippen LogP contribution in [0.4, 0.5) is 14.5 Å². The summed E-state index contributed by atoms with van der Waals surface area (Å²) in [4.78, 5) is 10.7. The summed E-state index contributed by atoms with van der Waals surface area (Å²) in [7, 11) is 0. The van der Waals surface area contributed by atoms with Crippen molar-refractivity contribution in [2.24, 2.45) is 0 Å². The van der Waals surface area contributed by atoms with Crippen LogP contribution in [0.5, 0.6) is 0 Å². The van der Waals surface area contributed by atoms with Crippen molar-refractivity contribution in [2.45, 2.75) is 23.2 Å². The fourth-order valence-corrected chi connectivity index (χ4v) is 1.93. The summed E-state index contributed by atoms with van der Waals surface area (Å²) < 4.78 is 24.6. The van der Waals surface area contributed by atoms with Crippen LogP contribution in [0.25, 0.3) is 0 Å². The third-order valence-corrected chi connectivity index (χ3v) is 2.83. The first-order valence-corrected chi connectivity index (χ1v) is 6.04. The molecule has 18 heavy (non-hydrogen) atoms. The summed E-state index contributed by atoms with van der Waals surface area (Å²) >= 11 is 0.397. The van der Waals surface area contributed by atoms with Gasteiger partial charge < -0.3 is 15.5 Å². The van der Waals surface area contributed by atoms with Gasteiger partial charge in [0.2, 0.25) is 0 Å². The number of aliphatic hydroxyl groups is 1. The minimum absolute atomic E-state index is 0.00683. The van der Waals surface area contributed by atoms with Crippen LogP contribution in [0.15, 0.2) is 29.2 Å². The van der Waals surface area contributed by atoms with Crippen LogP contribution in [0.3, 0.4) is 0 Å². The van der Waals surface area contributed by atoms with E-state index in [2.05, 4.69) is 5.32 Å². The first kappa shape index (κ1) is 14.7. The van der Waals surface area contributed by atoms with E-state index in [9.17, 15) is 18.7 Å². The maximum Gasteiger partial charge on any atom is 0.306 e. The van der Waals surface area contributed by atoms with E-state index < -0.39 is 24.3 Å². The summed E-state index contributed by atoms with van der Waals surface area (Å²) in [5.74, 6) is -3.64. The topological polar surface area (TPSA) is 69.6 Å². The standard InChI is InChI=1S/C11H13F2NO3S/c12-11(13)18-9-4-2-1-3-8(9)14-6-7(15)5-10(16)17/h1-4,7,11,14-15H,5-6H2,(H,16,17). The zero-order valence-corrected chi connectivity index (χ0v) is 10.2. The van der Waals surface area contributed by atoms with Crippen molar-refractivity contribution < 1.29 is 23.8 Å². The molecule has 0 aromatic heterocycles. The lowest BCUT2D eigenvalue weighted by Gasteiger charge is -2.13. The molecule has 1 unspecified atom stereocenters. The lowest BCUT2D eigenvalue weighted by atomic mass is 10.2. The predicted molar refractivity (Wildman–Crippen MR) is 65.1 cm³/mol. The number of thioether (sulfide) groups is 1. The molecule has 0 radical (unpaired) electrons. The summed E-state index contributed by atoms with van der Waals surface area (Å²) in [6, 6.07) is 6.42. The van der Waals surface area contributed by atoms with E-state index in [0.29, 0.717) is 22.3 Å². The molecule has 1 atom stereocenters. The molecule has 1 aromatic carbocycles. The van der Waals surface area contributed by atoms with Crippen molar-refractivity contribution >= 4 is 23.4 Å². The Morgan fingerprint density at radius 2 is 2.06 bits per heavy atom. The number of benzene rings is 1. The molecule has 1 rings (SSSR count). The number of aliphatic hydroxyl groups excluding tert-OH is 1. The molecule has 1 aromatic rings. The molecule has 3 N–H and O–H groups in total. The van der Waals surface area contributed by atoms with Gasteiger partial charge in [-0.2, -0.15) is 8.78 Å². The number of halogens is 2. The van der Waals surface area contributed by atoms with E-state index in [1.54, 1.807) is 18.2 Å². The Morgan fingerprint density at radius 1 is 1.39 bits per heavy atom. The molecule has 0 saturated carbocycles. The number of anilines is 1. The summed E-state index contributed by atoms with van der Waals surface area (Å²) in [5, 5.41) is 20.6. The van der Waals surface area contributed by atoms with Gasteiger partial charge in [-0.25, -0.2) is 0 Å². The van der Waals surface area contributed by atoms with E-state index in [4.69, 9.17) is 5.11 Å². The van der Waals surface area contributed by atoms with Crippen molar-refractivity contribution in [1.82, 2.24) is 0 Å². The van der Waals surface area contributed by atoms with Crippen molar-refractivity contribution in [2.75, 3.05) is 11.9 Å². The molecule has 0 bridgehead atoms. The molecule has 0 saturated heterocycles. The molecule has 7 heteroatoms. The molecule has 0 spiro atoms. The summed E-state index contributed by atoms with van der Waals surface area (Å²) in [6.07, 6.45) is -1.45. The van der Waals surface area contributed by atoms with Crippen molar-refractivity contribution in [3.63, 3.8) is 0 Å². The Morgan fingerprint density at radius 3 is 2.67 bits per heavy atom. The van der Waals surface area contributed by atoms with Gasteiger partial charge in [-0.1, -0.05) is 23.9 Å². The van der Waals surface area contributed by atoms with Crippen LogP contribution < -0.4 is 5.32 Å². The maximum absolute atomic E-state index is 12.3. The van der Waals surface area contributed by atoms with Gasteiger partial charge in [0, 0.05) is 17.1 Å². The van der Waals surface area contributed by atoms with Crippen LogP contribution in [-0.2, 0) is 4.79 Å². The van der Waals surface area contributed by atoms with Crippen LogP contribution >= 0.6 is 11.8 Å². The van der Waals surface area contributed by atoms with Gasteiger partial charge in [0.25, 0.3) is 5.76 Å². The zero-order valence-electron chi connectivity index (χ0n) is 9.35. The van der Waals surface area contributed by atoms with E-state index in [1.807, 2.05) is 0 Å². The van der Waals surface area contributed by atoms with Gasteiger partial charge in [0.1, 0.15) is 0 Å². The molecule has 0 aliphatic heterocycles. The largest absolute Gasteiger partial charge is 0.481 e. The number of nitrogens with one attached hydrogen (secondary N) is 1. The highest BCUT2D eigenvalue weighted by atomic mass is 32.2. The number of aliphatic carboxylic acids is 1. The second kappa shape index (κ2) is 7.17. The highest BCUT2D eigenvalue weighted by molar-refractivity contribution is 7.99. The van der Waals surface area contributed by atoms with E-state index >= 15 is 0 Å². The van der Waals surface area contributed by atoms with Crippen molar-refractivity contribution in [1.29, 1.82) is 0 Å². The first-order chi connectivity index (χ1) is 8.49. The molecule has 0 amide bonds. The van der Waals surface area contributed by atoms with Gasteiger partial charge >= 0.3 is 5.97 Å². The lowest BCUT2D eigenvalue weighted by molar-refractivity contribution is -0.138. The normalized spacial score (nSPS) is 12.4. The molecular weight excluding hydrogens is 264 g/mol. The van der Waals surface area contributed by atoms with Crippen LogP contribution in [-0.4, -0.2) is 34.6 Å². The van der Waals surface area contributed by atoms with Gasteiger partial charge in [0.05, 0.1) is 12.5 Å². The molecule has 0 aliphatic rings. The number of para-hydroxylation sites is 1. The first-order valence-electron chi connectivity index (χ1n) is 5.16. The predicted octanol–water partition coefficient (Wildman–Crippen LogP) is 2.25. The fourth-order valence-electron chi connectivity index (χ4n) is 1.31. The second-order valence-electron chi connectivity index (χ2n) is 3.51. The number of carboxylic acid groups (broad SMARTS) is 1. The minimum atomic E-state index is -2.53. The monoisotopic (exact) mass is 277 g/mol. The third-order valence-electron chi connectivity index (χ3n) is 2.04. The molecule has 100 valence electrons. The molecular formula is C11H13F2NO3S. The van der Waals surface area contributed by atoms with Crippen LogP contribution in [0, 0.1) is 0 Å². The Labute approximate surface area is 107 Å². The van der Waals surface area contributed by atoms with Gasteiger partial charge in [-0.3, -0.25) is 4.79 Å². The average Bonchev–Trinajstić information content (AvgIpc) is 2.26. The van der Waals surface area contributed by atoms with E-state index in [0.717, 1.165) is 0 Å². The van der Waals surface area contributed by atoms with Crippen LogP contribution in [0.1, 0.15) is 6.42 Å². The van der Waals surface area contributed by atoms with E-state index in [-0.39, 0.29) is 6.54 Å². The van der Waals surface area contributed by atoms with Gasteiger partial charge in [0.15, 0.2) is 0 Å². The van der Waals surface area contributed by atoms with Gasteiger partial charge in [-0.15, -0.1) is 0 Å². The lowest BCUT2D eigenvalue weighted by Crippen LogP contribution is -2.22. The molecule has 0 aliphatic carbocycles. The Bertz CT molecular complexity index is 404. The minimum Gasteiger partial charge on any atom is -0.481 e. The number of hydrogen-bond acceptors (Lipinski definition) is 4. The number of carboxylic acids is 1. The highest BCUT2D eigenvalue weighted by Gasteiger charge is 2.12. The molecule has 4 nitrogen and oxygen atoms in total. The SMILES string of the molecule is O=C(O)CC(O)CNc1ccccc1SC(F)F. The maximum atomic E-state index is 12.3. The van der Waals surface area contributed by atoms with Crippen LogP contribution in [0.2, 0.25) is 0 Å². The van der Waals surface area contributed by atoms with Crippen molar-refractivity contribution in [3.8, 4) is 0 Å². The third kappa shape index (κ3) is 5.33. The average molecular weight is 277 g/mol. The van der Waals surface area contributed by atoms with Gasteiger partial charge in [-0.05, 0) is 12.1 Å². The summed E-state index contributed by atoms with van der Waals surface area (Å²) in [5.41, 5.74) is 0.451. The highest BCUT2D eigenvalue weighted by Crippen LogP contribution is 2.31. The molecule has 0 fully saturated rings. The number of hydrogen-bond donors (Lipinski definition) is 3. The Balaban J connectivity index is 2.58. The van der Waals surface area contributed by atoms with Crippen molar-refractivity contribution in [3.05, 3.63) is 24.3 Å². The Kier molecular flexibility index (Phi) is 5.87. The fraction of sp³-hybridized carbons (Fsp3) is 0.364. The number of rotatable bonds is 7. The smallest absolute Gasteiger partial charge is 0.306 e. The number of carbonyl (C=O) groups is 1. The van der Waals surface area contributed by atoms with E-state index in [1.165, 1.54) is 6.07 Å². The quantitative estimate of drug-likeness (QED) is 0.667. The summed E-state index contributed by atoms with van der Waals surface area (Å²) in [6.45, 7) is -0.00683. The zero-order chi connectivity index (χ0) is 13.5. The second-order valence-corrected chi connectivity index (χ2v) is 4.54. The Hall–Kier alpha value is -1.34.